The van der Waals surface area contributed by atoms with Crippen LogP contribution in [0.25, 0.3) is 0 Å². The molecule has 0 atom stereocenters. The first-order chi connectivity index (χ1) is 13.8. The normalized spacial score (nSPS) is 37.1. The van der Waals surface area contributed by atoms with E-state index < -0.39 is 0 Å². The summed E-state index contributed by atoms with van der Waals surface area (Å²) in [6.07, 6.45) is 15.3. The van der Waals surface area contributed by atoms with Gasteiger partial charge in [0, 0.05) is 17.8 Å². The highest BCUT2D eigenvalue weighted by Crippen LogP contribution is 2.36. The van der Waals surface area contributed by atoms with Crippen molar-refractivity contribution in [2.45, 2.75) is 103 Å². The van der Waals surface area contributed by atoms with Crippen LogP contribution in [0.15, 0.2) is 0 Å². The molecular weight excluding hydrogens is 352 g/mol. The molecule has 4 heteroatoms. The van der Waals surface area contributed by atoms with Crippen molar-refractivity contribution in [1.29, 1.82) is 0 Å². The standard InChI is InChI=1S/C24H44O4/c1-3-5-7-19-9-12-22(13-10-19)24-27-17-21(18-28-24)11-14-23-25-15-20(16-26-23)8-6-4-2/h19-24H,3-18H2,1-2H3/t19?,20-,21-,22?,23-,24-. The zero-order valence-corrected chi connectivity index (χ0v) is 18.4. The Hall–Kier alpha value is -0.160. The molecule has 0 radical (unpaired) electrons. The molecule has 0 aromatic heterocycles. The Labute approximate surface area is 173 Å². The molecule has 0 unspecified atom stereocenters. The number of hydrogen-bond acceptors (Lipinski definition) is 4. The van der Waals surface area contributed by atoms with Crippen molar-refractivity contribution in [1.82, 2.24) is 0 Å². The molecule has 3 fully saturated rings. The second kappa shape index (κ2) is 12.5. The smallest absolute Gasteiger partial charge is 0.160 e. The van der Waals surface area contributed by atoms with Crippen LogP contribution in [-0.4, -0.2) is 39.0 Å². The van der Waals surface area contributed by atoms with E-state index in [2.05, 4.69) is 13.8 Å². The van der Waals surface area contributed by atoms with Crippen molar-refractivity contribution in [2.24, 2.45) is 23.7 Å². The van der Waals surface area contributed by atoms with Gasteiger partial charge in [-0.1, -0.05) is 46.0 Å². The first-order valence-electron chi connectivity index (χ1n) is 12.2. The van der Waals surface area contributed by atoms with Gasteiger partial charge in [-0.2, -0.15) is 0 Å². The van der Waals surface area contributed by atoms with E-state index in [4.69, 9.17) is 18.9 Å². The van der Waals surface area contributed by atoms with Gasteiger partial charge in [0.05, 0.1) is 26.4 Å². The Kier molecular flexibility index (Phi) is 10.1. The number of rotatable bonds is 10. The molecule has 164 valence electrons. The summed E-state index contributed by atoms with van der Waals surface area (Å²) in [6.45, 7) is 7.95. The summed E-state index contributed by atoms with van der Waals surface area (Å²) in [4.78, 5) is 0. The fraction of sp³-hybridized carbons (Fsp3) is 1.00. The molecular formula is C24H44O4. The largest absolute Gasteiger partial charge is 0.352 e. The molecule has 2 heterocycles. The van der Waals surface area contributed by atoms with Gasteiger partial charge in [0.1, 0.15) is 0 Å². The maximum absolute atomic E-state index is 6.14. The molecule has 3 aliphatic rings. The van der Waals surface area contributed by atoms with Crippen LogP contribution < -0.4 is 0 Å². The van der Waals surface area contributed by atoms with Crippen LogP contribution in [0.2, 0.25) is 0 Å². The molecule has 1 saturated carbocycles. The fourth-order valence-electron chi connectivity index (χ4n) is 5.02. The van der Waals surface area contributed by atoms with E-state index in [0.29, 0.717) is 17.8 Å². The van der Waals surface area contributed by atoms with Gasteiger partial charge >= 0.3 is 0 Å². The quantitative estimate of drug-likeness (QED) is 0.458. The van der Waals surface area contributed by atoms with Crippen LogP contribution in [0.5, 0.6) is 0 Å². The van der Waals surface area contributed by atoms with Crippen molar-refractivity contribution in [3.63, 3.8) is 0 Å². The molecule has 0 spiro atoms. The molecule has 0 N–H and O–H groups in total. The number of unbranched alkanes of at least 4 members (excludes halogenated alkanes) is 2. The molecule has 3 rings (SSSR count). The lowest BCUT2D eigenvalue weighted by molar-refractivity contribution is -0.236. The highest BCUT2D eigenvalue weighted by molar-refractivity contribution is 4.77. The summed E-state index contributed by atoms with van der Waals surface area (Å²) >= 11 is 0. The Morgan fingerprint density at radius 2 is 1.11 bits per heavy atom. The van der Waals surface area contributed by atoms with Crippen molar-refractivity contribution in [2.75, 3.05) is 26.4 Å². The molecule has 28 heavy (non-hydrogen) atoms. The molecule has 1 aliphatic carbocycles. The summed E-state index contributed by atoms with van der Waals surface area (Å²) in [7, 11) is 0. The summed E-state index contributed by atoms with van der Waals surface area (Å²) < 4.78 is 24.1. The third-order valence-electron chi connectivity index (χ3n) is 7.05. The Balaban J connectivity index is 1.25. The lowest BCUT2D eigenvalue weighted by Gasteiger charge is -2.38. The van der Waals surface area contributed by atoms with Crippen LogP contribution in [0, 0.1) is 23.7 Å². The monoisotopic (exact) mass is 396 g/mol. The summed E-state index contributed by atoms with van der Waals surface area (Å²) in [5.41, 5.74) is 0. The van der Waals surface area contributed by atoms with Gasteiger partial charge in [0.25, 0.3) is 0 Å². The number of ether oxygens (including phenoxy) is 4. The lowest BCUT2D eigenvalue weighted by Crippen LogP contribution is -2.39. The SMILES string of the molecule is CCCCC1CCC([C@H]2OC[C@H](CC[C@H]3OC[C@H](CCCC)CO3)CO2)CC1. The fourth-order valence-corrected chi connectivity index (χ4v) is 5.02. The summed E-state index contributed by atoms with van der Waals surface area (Å²) in [5.74, 6) is 2.64. The van der Waals surface area contributed by atoms with Crippen LogP contribution in [-0.2, 0) is 18.9 Å². The highest BCUT2D eigenvalue weighted by atomic mass is 16.7. The zero-order chi connectivity index (χ0) is 19.6. The van der Waals surface area contributed by atoms with Gasteiger partial charge in [-0.3, -0.25) is 0 Å². The Morgan fingerprint density at radius 3 is 1.71 bits per heavy atom. The maximum Gasteiger partial charge on any atom is 0.160 e. The minimum atomic E-state index is -0.0194. The van der Waals surface area contributed by atoms with Crippen LogP contribution in [0.1, 0.15) is 90.9 Å². The van der Waals surface area contributed by atoms with E-state index in [9.17, 15) is 0 Å². The Morgan fingerprint density at radius 1 is 0.571 bits per heavy atom. The van der Waals surface area contributed by atoms with E-state index in [-0.39, 0.29) is 12.6 Å². The van der Waals surface area contributed by atoms with Crippen molar-refractivity contribution >= 4 is 0 Å². The predicted octanol–water partition coefficient (Wildman–Crippen LogP) is 5.93. The van der Waals surface area contributed by atoms with E-state index in [1.54, 1.807) is 0 Å². The second-order valence-electron chi connectivity index (χ2n) is 9.51. The molecule has 0 aromatic carbocycles. The second-order valence-corrected chi connectivity index (χ2v) is 9.51. The predicted molar refractivity (Wildman–Crippen MR) is 112 cm³/mol. The zero-order valence-electron chi connectivity index (χ0n) is 18.4. The highest BCUT2D eigenvalue weighted by Gasteiger charge is 2.33. The molecule has 4 nitrogen and oxygen atoms in total. The molecule has 0 amide bonds. The van der Waals surface area contributed by atoms with Crippen molar-refractivity contribution in [3.05, 3.63) is 0 Å². The van der Waals surface area contributed by atoms with Gasteiger partial charge in [-0.15, -0.1) is 0 Å². The average molecular weight is 397 g/mol. The number of hydrogen-bond donors (Lipinski definition) is 0. The molecule has 0 aromatic rings. The average Bonchev–Trinajstić information content (AvgIpc) is 2.76. The van der Waals surface area contributed by atoms with E-state index in [1.807, 2.05) is 0 Å². The van der Waals surface area contributed by atoms with E-state index in [0.717, 1.165) is 45.2 Å². The van der Waals surface area contributed by atoms with E-state index >= 15 is 0 Å². The lowest BCUT2D eigenvalue weighted by atomic mass is 9.79. The third-order valence-corrected chi connectivity index (χ3v) is 7.05. The van der Waals surface area contributed by atoms with Crippen molar-refractivity contribution < 1.29 is 18.9 Å². The third kappa shape index (κ3) is 7.27. The van der Waals surface area contributed by atoms with Gasteiger partial charge in [0.15, 0.2) is 12.6 Å². The van der Waals surface area contributed by atoms with E-state index in [1.165, 1.54) is 64.2 Å². The molecule has 2 aliphatic heterocycles. The van der Waals surface area contributed by atoms with Gasteiger partial charge in [-0.05, 0) is 50.9 Å². The van der Waals surface area contributed by atoms with Crippen molar-refractivity contribution in [3.8, 4) is 0 Å². The first kappa shape index (κ1) is 22.5. The minimum absolute atomic E-state index is 0.0194. The maximum atomic E-state index is 6.14. The van der Waals surface area contributed by atoms with Gasteiger partial charge < -0.3 is 18.9 Å². The van der Waals surface area contributed by atoms with Gasteiger partial charge in [0.2, 0.25) is 0 Å². The van der Waals surface area contributed by atoms with Crippen LogP contribution in [0.3, 0.4) is 0 Å². The molecule has 2 saturated heterocycles. The summed E-state index contributed by atoms with van der Waals surface area (Å²) in [5, 5.41) is 0. The topological polar surface area (TPSA) is 36.9 Å². The van der Waals surface area contributed by atoms with Gasteiger partial charge in [-0.25, -0.2) is 0 Å². The van der Waals surface area contributed by atoms with Crippen LogP contribution in [0.4, 0.5) is 0 Å². The Bertz CT molecular complexity index is 391. The minimum Gasteiger partial charge on any atom is -0.352 e. The van der Waals surface area contributed by atoms with Crippen LogP contribution >= 0.6 is 0 Å². The summed E-state index contributed by atoms with van der Waals surface area (Å²) in [6, 6.07) is 0. The molecule has 0 bridgehead atoms. The first-order valence-corrected chi connectivity index (χ1v) is 12.2.